The van der Waals surface area contributed by atoms with Crippen molar-refractivity contribution in [2.24, 2.45) is 11.8 Å². The van der Waals surface area contributed by atoms with Gasteiger partial charge in [0.15, 0.2) is 0 Å². The normalized spacial score (nSPS) is 23.7. The van der Waals surface area contributed by atoms with Crippen LogP contribution in [0.4, 0.5) is 0 Å². The minimum atomic E-state index is -0.285. The number of carbonyl (C=O) groups is 2. The zero-order chi connectivity index (χ0) is 23.8. The van der Waals surface area contributed by atoms with Gasteiger partial charge in [-0.05, 0) is 69.7 Å². The number of fused-ring (bicyclic) bond motifs is 1. The molecule has 3 unspecified atom stereocenters. The topological polar surface area (TPSA) is 89.5 Å². The van der Waals surface area contributed by atoms with Crippen LogP contribution in [0.15, 0.2) is 30.5 Å². The zero-order valence-electron chi connectivity index (χ0n) is 20.0. The quantitative estimate of drug-likeness (QED) is 0.723. The molecule has 176 valence electrons. The van der Waals surface area contributed by atoms with Gasteiger partial charge in [0.2, 0.25) is 11.8 Å². The summed E-state index contributed by atoms with van der Waals surface area (Å²) < 4.78 is 11.5. The van der Waals surface area contributed by atoms with E-state index in [9.17, 15) is 9.59 Å². The first-order chi connectivity index (χ1) is 15.7. The van der Waals surface area contributed by atoms with Crippen LogP contribution in [0.5, 0.6) is 11.6 Å². The SMILES string of the molecule is COc1ccc(-c2cc(C(=O)NCC3C(=O)NC(C)CC3C)cc3c2OC(C)(C)CC3)cn1. The number of carbonyl (C=O) groups excluding carboxylic acids is 2. The highest BCUT2D eigenvalue weighted by Crippen LogP contribution is 2.41. The Morgan fingerprint density at radius 1 is 1.30 bits per heavy atom. The van der Waals surface area contributed by atoms with Crippen LogP contribution in [-0.2, 0) is 11.2 Å². The van der Waals surface area contributed by atoms with Crippen LogP contribution in [0.1, 0.15) is 56.5 Å². The summed E-state index contributed by atoms with van der Waals surface area (Å²) in [5.41, 5.74) is 2.96. The van der Waals surface area contributed by atoms with E-state index in [4.69, 9.17) is 9.47 Å². The number of benzene rings is 1. The summed E-state index contributed by atoms with van der Waals surface area (Å²) in [7, 11) is 1.58. The second kappa shape index (κ2) is 9.04. The lowest BCUT2D eigenvalue weighted by Gasteiger charge is -2.34. The molecule has 0 bridgehead atoms. The van der Waals surface area contributed by atoms with Gasteiger partial charge >= 0.3 is 0 Å². The Kier molecular flexibility index (Phi) is 6.32. The number of ether oxygens (including phenoxy) is 2. The van der Waals surface area contributed by atoms with Crippen LogP contribution in [0.3, 0.4) is 0 Å². The lowest BCUT2D eigenvalue weighted by Crippen LogP contribution is -2.50. The highest BCUT2D eigenvalue weighted by molar-refractivity contribution is 5.97. The van der Waals surface area contributed by atoms with Crippen LogP contribution < -0.4 is 20.1 Å². The van der Waals surface area contributed by atoms with Crippen LogP contribution in [0.2, 0.25) is 0 Å². The first-order valence-corrected chi connectivity index (χ1v) is 11.6. The highest BCUT2D eigenvalue weighted by Gasteiger charge is 2.33. The number of nitrogens with zero attached hydrogens (tertiary/aromatic N) is 1. The van der Waals surface area contributed by atoms with Crippen LogP contribution in [-0.4, -0.2) is 42.1 Å². The lowest BCUT2D eigenvalue weighted by atomic mass is 9.84. The molecule has 0 aliphatic carbocycles. The molecule has 2 N–H and O–H groups in total. The Morgan fingerprint density at radius 3 is 2.76 bits per heavy atom. The number of nitrogens with one attached hydrogen (secondary N) is 2. The Morgan fingerprint density at radius 2 is 2.09 bits per heavy atom. The van der Waals surface area contributed by atoms with Crippen molar-refractivity contribution < 1.29 is 19.1 Å². The molecule has 2 aliphatic heterocycles. The Hall–Kier alpha value is -3.09. The second-order valence-electron chi connectivity index (χ2n) is 9.90. The number of hydrogen-bond acceptors (Lipinski definition) is 5. The van der Waals surface area contributed by atoms with E-state index < -0.39 is 0 Å². The fourth-order valence-corrected chi connectivity index (χ4v) is 4.75. The van der Waals surface area contributed by atoms with E-state index in [1.165, 1.54) is 0 Å². The summed E-state index contributed by atoms with van der Waals surface area (Å²) in [5, 5.41) is 5.98. The largest absolute Gasteiger partial charge is 0.487 e. The molecule has 0 spiro atoms. The van der Waals surface area contributed by atoms with Crippen molar-refractivity contribution in [3.05, 3.63) is 41.6 Å². The molecule has 1 saturated heterocycles. The van der Waals surface area contributed by atoms with Gasteiger partial charge in [-0.25, -0.2) is 4.98 Å². The third-order valence-electron chi connectivity index (χ3n) is 6.68. The van der Waals surface area contributed by atoms with Crippen LogP contribution in [0.25, 0.3) is 11.1 Å². The molecule has 7 nitrogen and oxygen atoms in total. The number of rotatable bonds is 5. The van der Waals surface area contributed by atoms with Crippen molar-refractivity contribution in [1.29, 1.82) is 0 Å². The number of methoxy groups -OCH3 is 1. The number of pyridine rings is 1. The zero-order valence-corrected chi connectivity index (χ0v) is 20.0. The van der Waals surface area contributed by atoms with Crippen molar-refractivity contribution in [1.82, 2.24) is 15.6 Å². The van der Waals surface area contributed by atoms with Gasteiger partial charge in [-0.2, -0.15) is 0 Å². The number of aryl methyl sites for hydroxylation is 1. The fourth-order valence-electron chi connectivity index (χ4n) is 4.75. The lowest BCUT2D eigenvalue weighted by molar-refractivity contribution is -0.129. The molecular weight excluding hydrogens is 418 g/mol. The molecule has 1 aromatic heterocycles. The second-order valence-corrected chi connectivity index (χ2v) is 9.90. The molecule has 2 aromatic rings. The smallest absolute Gasteiger partial charge is 0.251 e. The first kappa shape index (κ1) is 23.1. The van der Waals surface area contributed by atoms with Crippen molar-refractivity contribution in [3.8, 4) is 22.8 Å². The molecular formula is C26H33N3O4. The van der Waals surface area contributed by atoms with E-state index in [1.54, 1.807) is 19.4 Å². The van der Waals surface area contributed by atoms with Crippen molar-refractivity contribution in [3.63, 3.8) is 0 Å². The predicted molar refractivity (Wildman–Crippen MR) is 126 cm³/mol. The minimum absolute atomic E-state index is 0.00705. The maximum Gasteiger partial charge on any atom is 0.251 e. The molecule has 1 fully saturated rings. The average Bonchev–Trinajstić information content (AvgIpc) is 2.77. The summed E-state index contributed by atoms with van der Waals surface area (Å²) in [4.78, 5) is 29.9. The molecule has 2 amide bonds. The van der Waals surface area contributed by atoms with Crippen LogP contribution >= 0.6 is 0 Å². The minimum Gasteiger partial charge on any atom is -0.487 e. The van der Waals surface area contributed by atoms with Gasteiger partial charge in [0.1, 0.15) is 11.4 Å². The Bertz CT molecular complexity index is 1050. The highest BCUT2D eigenvalue weighted by atomic mass is 16.5. The standard InChI is InChI=1S/C26H33N3O4/c1-15-10-16(2)29-25(31)21(15)14-28-24(30)19-11-17-8-9-26(3,4)33-23(17)20(12-19)18-6-7-22(32-5)27-13-18/h6-7,11-13,15-16,21H,8-10,14H2,1-5H3,(H,28,30)(H,29,31). The molecule has 0 radical (unpaired) electrons. The van der Waals surface area contributed by atoms with E-state index in [0.29, 0.717) is 18.0 Å². The van der Waals surface area contributed by atoms with Gasteiger partial charge in [0, 0.05) is 41.5 Å². The van der Waals surface area contributed by atoms with E-state index in [1.807, 2.05) is 25.1 Å². The molecule has 0 saturated carbocycles. The number of aromatic nitrogens is 1. The molecule has 2 aliphatic rings. The van der Waals surface area contributed by atoms with Gasteiger partial charge < -0.3 is 20.1 Å². The molecule has 33 heavy (non-hydrogen) atoms. The molecule has 7 heteroatoms. The summed E-state index contributed by atoms with van der Waals surface area (Å²) in [6.45, 7) is 8.54. The van der Waals surface area contributed by atoms with E-state index >= 15 is 0 Å². The summed E-state index contributed by atoms with van der Waals surface area (Å²) >= 11 is 0. The van der Waals surface area contributed by atoms with E-state index in [-0.39, 0.29) is 35.3 Å². The molecule has 3 heterocycles. The van der Waals surface area contributed by atoms with Gasteiger partial charge in [-0.15, -0.1) is 0 Å². The number of piperidine rings is 1. The Balaban J connectivity index is 1.62. The third-order valence-corrected chi connectivity index (χ3v) is 6.68. The van der Waals surface area contributed by atoms with Gasteiger partial charge in [-0.3, -0.25) is 9.59 Å². The van der Waals surface area contributed by atoms with Gasteiger partial charge in [-0.1, -0.05) is 6.92 Å². The van der Waals surface area contributed by atoms with Crippen molar-refractivity contribution in [2.45, 2.75) is 58.6 Å². The van der Waals surface area contributed by atoms with Crippen molar-refractivity contribution >= 4 is 11.8 Å². The van der Waals surface area contributed by atoms with Gasteiger partial charge in [0.05, 0.1) is 13.0 Å². The predicted octanol–water partition coefficient (Wildman–Crippen LogP) is 3.75. The average molecular weight is 452 g/mol. The van der Waals surface area contributed by atoms with Crippen LogP contribution in [0, 0.1) is 11.8 Å². The molecule has 3 atom stereocenters. The number of hydrogen-bond donors (Lipinski definition) is 2. The van der Waals surface area contributed by atoms with Crippen molar-refractivity contribution in [2.75, 3.05) is 13.7 Å². The first-order valence-electron chi connectivity index (χ1n) is 11.6. The third kappa shape index (κ3) is 4.97. The maximum absolute atomic E-state index is 13.1. The fraction of sp³-hybridized carbons (Fsp3) is 0.500. The Labute approximate surface area is 195 Å². The van der Waals surface area contributed by atoms with E-state index in [0.717, 1.165) is 41.7 Å². The summed E-state index contributed by atoms with van der Waals surface area (Å²) in [6, 6.07) is 7.65. The summed E-state index contributed by atoms with van der Waals surface area (Å²) in [6.07, 6.45) is 4.33. The summed E-state index contributed by atoms with van der Waals surface area (Å²) in [5.74, 6) is 1.13. The number of amides is 2. The maximum atomic E-state index is 13.1. The molecule has 1 aromatic carbocycles. The monoisotopic (exact) mass is 451 g/mol. The van der Waals surface area contributed by atoms with E-state index in [2.05, 4.69) is 36.4 Å². The van der Waals surface area contributed by atoms with Gasteiger partial charge in [0.25, 0.3) is 5.91 Å². The molecule has 4 rings (SSSR count).